The number of imide groups is 1. The molecule has 1 aliphatic rings. The lowest BCUT2D eigenvalue weighted by molar-refractivity contribution is -0.184. The molecule has 13 heavy (non-hydrogen) atoms. The van der Waals surface area contributed by atoms with Gasteiger partial charge in [0.15, 0.2) is 6.10 Å². The number of ether oxygens (including phenoxy) is 2. The van der Waals surface area contributed by atoms with E-state index in [0.29, 0.717) is 5.06 Å². The Morgan fingerprint density at radius 3 is 2.62 bits per heavy atom. The molecule has 0 saturated carbocycles. The van der Waals surface area contributed by atoms with E-state index in [4.69, 9.17) is 4.74 Å². The molecule has 1 rings (SSSR count). The van der Waals surface area contributed by atoms with Gasteiger partial charge in [0.25, 0.3) is 11.8 Å². The van der Waals surface area contributed by atoms with Crippen LogP contribution in [0.5, 0.6) is 0 Å². The van der Waals surface area contributed by atoms with Crippen LogP contribution in [0, 0.1) is 0 Å². The molecule has 1 saturated heterocycles. The highest BCUT2D eigenvalue weighted by Crippen LogP contribution is 2.15. The molecule has 1 unspecified atom stereocenters. The Morgan fingerprint density at radius 2 is 2.15 bits per heavy atom. The fourth-order valence-corrected chi connectivity index (χ4v) is 1.05. The number of amides is 2. The Labute approximate surface area is 75.3 Å². The summed E-state index contributed by atoms with van der Waals surface area (Å²) in [7, 11) is 2.70. The molecular formula is C7H11NO5. The van der Waals surface area contributed by atoms with Crippen LogP contribution in [0.15, 0.2) is 0 Å². The lowest BCUT2D eigenvalue weighted by atomic mass is 10.3. The van der Waals surface area contributed by atoms with Gasteiger partial charge in [-0.25, -0.2) is 0 Å². The van der Waals surface area contributed by atoms with Crippen molar-refractivity contribution in [2.45, 2.75) is 12.5 Å². The highest BCUT2D eigenvalue weighted by atomic mass is 16.7. The predicted octanol–water partition coefficient (Wildman–Crippen LogP) is -0.704. The second-order valence-corrected chi connectivity index (χ2v) is 2.47. The molecule has 1 atom stereocenters. The van der Waals surface area contributed by atoms with Gasteiger partial charge in [-0.3, -0.25) is 14.4 Å². The smallest absolute Gasteiger partial charge is 0.283 e. The Kier molecular flexibility index (Phi) is 3.35. The van der Waals surface area contributed by atoms with Crippen LogP contribution in [-0.2, 0) is 23.9 Å². The van der Waals surface area contributed by atoms with Crippen molar-refractivity contribution in [1.29, 1.82) is 0 Å². The van der Waals surface area contributed by atoms with E-state index in [1.807, 2.05) is 0 Å². The molecule has 0 aromatic heterocycles. The maximum Gasteiger partial charge on any atom is 0.283 e. The average Bonchev–Trinajstić information content (AvgIpc) is 2.38. The summed E-state index contributed by atoms with van der Waals surface area (Å²) in [5, 5.41) is 0.695. The zero-order valence-corrected chi connectivity index (χ0v) is 7.48. The molecule has 0 N–H and O–H groups in total. The molecule has 0 bridgehead atoms. The van der Waals surface area contributed by atoms with Gasteiger partial charge in [-0.1, -0.05) is 0 Å². The SMILES string of the molecule is COCOC1CC(=O)N(OC)C1=O. The predicted molar refractivity (Wildman–Crippen MR) is 40.2 cm³/mol. The Balaban J connectivity index is 2.52. The molecule has 0 radical (unpaired) electrons. The minimum Gasteiger partial charge on any atom is -0.359 e. The largest absolute Gasteiger partial charge is 0.359 e. The third-order valence-electron chi connectivity index (χ3n) is 1.63. The minimum atomic E-state index is -0.771. The normalized spacial score (nSPS) is 22.9. The van der Waals surface area contributed by atoms with Crippen LogP contribution in [-0.4, -0.2) is 44.0 Å². The molecule has 6 heteroatoms. The van der Waals surface area contributed by atoms with Crippen LogP contribution in [0.4, 0.5) is 0 Å². The van der Waals surface area contributed by atoms with Gasteiger partial charge in [-0.15, -0.1) is 0 Å². The fraction of sp³-hybridized carbons (Fsp3) is 0.714. The lowest BCUT2D eigenvalue weighted by Gasteiger charge is -2.10. The zero-order valence-electron chi connectivity index (χ0n) is 7.48. The van der Waals surface area contributed by atoms with Gasteiger partial charge in [-0.2, -0.15) is 5.06 Å². The van der Waals surface area contributed by atoms with Gasteiger partial charge in [0, 0.05) is 7.11 Å². The number of hydrogen-bond acceptors (Lipinski definition) is 5. The van der Waals surface area contributed by atoms with E-state index < -0.39 is 17.9 Å². The quantitative estimate of drug-likeness (QED) is 0.432. The highest BCUT2D eigenvalue weighted by molar-refractivity contribution is 6.03. The van der Waals surface area contributed by atoms with Gasteiger partial charge in [-0.05, 0) is 0 Å². The monoisotopic (exact) mass is 189 g/mol. The van der Waals surface area contributed by atoms with Gasteiger partial charge in [0.2, 0.25) is 0 Å². The number of nitrogens with zero attached hydrogens (tertiary/aromatic N) is 1. The van der Waals surface area contributed by atoms with E-state index in [9.17, 15) is 9.59 Å². The summed E-state index contributed by atoms with van der Waals surface area (Å²) in [5.74, 6) is -0.877. The number of methoxy groups -OCH3 is 1. The van der Waals surface area contributed by atoms with Crippen molar-refractivity contribution in [2.24, 2.45) is 0 Å². The third kappa shape index (κ3) is 2.03. The van der Waals surface area contributed by atoms with Crippen LogP contribution < -0.4 is 0 Å². The van der Waals surface area contributed by atoms with E-state index in [1.165, 1.54) is 14.2 Å². The maximum absolute atomic E-state index is 11.3. The van der Waals surface area contributed by atoms with E-state index in [1.54, 1.807) is 0 Å². The van der Waals surface area contributed by atoms with Crippen LogP contribution in [0.1, 0.15) is 6.42 Å². The van der Waals surface area contributed by atoms with E-state index in [-0.39, 0.29) is 13.2 Å². The summed E-state index contributed by atoms with van der Waals surface area (Å²) in [5.41, 5.74) is 0. The third-order valence-corrected chi connectivity index (χ3v) is 1.63. The van der Waals surface area contributed by atoms with Crippen molar-refractivity contribution >= 4 is 11.8 Å². The molecular weight excluding hydrogens is 178 g/mol. The van der Waals surface area contributed by atoms with Crippen LogP contribution in [0.3, 0.4) is 0 Å². The summed E-state index contributed by atoms with van der Waals surface area (Å²) < 4.78 is 9.56. The summed E-state index contributed by atoms with van der Waals surface area (Å²) >= 11 is 0. The Morgan fingerprint density at radius 1 is 1.46 bits per heavy atom. The number of hydroxylamine groups is 2. The van der Waals surface area contributed by atoms with Crippen molar-refractivity contribution in [3.63, 3.8) is 0 Å². The molecule has 74 valence electrons. The summed E-state index contributed by atoms with van der Waals surface area (Å²) in [6, 6.07) is 0. The second kappa shape index (κ2) is 4.31. The summed E-state index contributed by atoms with van der Waals surface area (Å²) in [6.07, 6.45) is -0.761. The molecule has 0 aromatic rings. The molecule has 2 amide bonds. The van der Waals surface area contributed by atoms with Crippen molar-refractivity contribution in [2.75, 3.05) is 21.0 Å². The number of carbonyl (C=O) groups excluding carboxylic acids is 2. The van der Waals surface area contributed by atoms with Crippen molar-refractivity contribution < 1.29 is 23.9 Å². The highest BCUT2D eigenvalue weighted by Gasteiger charge is 2.40. The Hall–Kier alpha value is -0.980. The van der Waals surface area contributed by atoms with Gasteiger partial charge >= 0.3 is 0 Å². The van der Waals surface area contributed by atoms with E-state index >= 15 is 0 Å². The maximum atomic E-state index is 11.3. The topological polar surface area (TPSA) is 65.1 Å². The molecule has 1 aliphatic heterocycles. The number of carbonyl (C=O) groups is 2. The van der Waals surface area contributed by atoms with Gasteiger partial charge < -0.3 is 9.47 Å². The first-order chi connectivity index (χ1) is 6.20. The summed E-state index contributed by atoms with van der Waals surface area (Å²) in [4.78, 5) is 26.9. The van der Waals surface area contributed by atoms with E-state index in [0.717, 1.165) is 0 Å². The molecule has 1 fully saturated rings. The molecule has 6 nitrogen and oxygen atoms in total. The standard InChI is InChI=1S/C7H11NO5/c1-11-4-13-5-3-6(9)8(12-2)7(5)10/h5H,3-4H2,1-2H3. The number of rotatable bonds is 4. The Bertz CT molecular complexity index is 217. The first kappa shape index (κ1) is 10.1. The van der Waals surface area contributed by atoms with Crippen molar-refractivity contribution in [3.8, 4) is 0 Å². The average molecular weight is 189 g/mol. The van der Waals surface area contributed by atoms with E-state index in [2.05, 4.69) is 9.57 Å². The molecule has 0 aliphatic carbocycles. The lowest BCUT2D eigenvalue weighted by Crippen LogP contribution is -2.32. The van der Waals surface area contributed by atoms with Crippen LogP contribution >= 0.6 is 0 Å². The second-order valence-electron chi connectivity index (χ2n) is 2.47. The van der Waals surface area contributed by atoms with Crippen LogP contribution in [0.25, 0.3) is 0 Å². The molecule has 0 spiro atoms. The zero-order chi connectivity index (χ0) is 9.84. The first-order valence-electron chi connectivity index (χ1n) is 3.72. The molecule has 0 aromatic carbocycles. The summed E-state index contributed by atoms with van der Waals surface area (Å²) in [6.45, 7) is -0.0127. The van der Waals surface area contributed by atoms with Crippen LogP contribution in [0.2, 0.25) is 0 Å². The van der Waals surface area contributed by atoms with Gasteiger partial charge in [0.1, 0.15) is 6.79 Å². The van der Waals surface area contributed by atoms with Crippen molar-refractivity contribution in [1.82, 2.24) is 5.06 Å². The van der Waals surface area contributed by atoms with Crippen molar-refractivity contribution in [3.05, 3.63) is 0 Å². The van der Waals surface area contributed by atoms with Gasteiger partial charge in [0.05, 0.1) is 13.5 Å². The molecule has 1 heterocycles. The fourth-order valence-electron chi connectivity index (χ4n) is 1.05. The number of hydrogen-bond donors (Lipinski definition) is 0. The minimum absolute atomic E-state index is 0.00995. The first-order valence-corrected chi connectivity index (χ1v) is 3.72.